The highest BCUT2D eigenvalue weighted by atomic mass is 16.6. The van der Waals surface area contributed by atoms with Crippen LogP contribution in [-0.4, -0.2) is 37.2 Å². The Bertz CT molecular complexity index is 1160. The predicted molar refractivity (Wildman–Crippen MR) is 261 cm³/mol. The van der Waals surface area contributed by atoms with Crippen LogP contribution in [0.4, 0.5) is 0 Å². The summed E-state index contributed by atoms with van der Waals surface area (Å²) in [4.78, 5) is 37.9. The molecule has 61 heavy (non-hydrogen) atoms. The van der Waals surface area contributed by atoms with E-state index in [4.69, 9.17) is 14.2 Å². The van der Waals surface area contributed by atoms with Crippen LogP contribution in [0.5, 0.6) is 0 Å². The fraction of sp³-hybridized carbons (Fsp3) is 0.727. The lowest BCUT2D eigenvalue weighted by Gasteiger charge is -2.18. The highest BCUT2D eigenvalue weighted by molar-refractivity contribution is 5.71. The molecule has 6 heteroatoms. The minimum atomic E-state index is -0.791. The maximum absolute atomic E-state index is 12.8. The summed E-state index contributed by atoms with van der Waals surface area (Å²) in [5.74, 6) is -0.935. The maximum atomic E-state index is 12.8. The van der Waals surface area contributed by atoms with Gasteiger partial charge in [0.15, 0.2) is 6.10 Å². The summed E-state index contributed by atoms with van der Waals surface area (Å²) in [5.41, 5.74) is 0. The van der Waals surface area contributed by atoms with E-state index in [-0.39, 0.29) is 31.1 Å². The van der Waals surface area contributed by atoms with Crippen molar-refractivity contribution in [1.29, 1.82) is 0 Å². The van der Waals surface area contributed by atoms with Gasteiger partial charge in [-0.2, -0.15) is 0 Å². The van der Waals surface area contributed by atoms with Gasteiger partial charge in [-0.15, -0.1) is 0 Å². The SMILES string of the molecule is CC/C=C\C/C=C\C/C=C\C/C=C\CCCCCC(=O)OCC(COC(=O)CCCCCCC/C=C\C/C=C\CC)OC(=O)CCCCCCCCCCCCCCCCC. The number of hydrogen-bond acceptors (Lipinski definition) is 6. The van der Waals surface area contributed by atoms with E-state index in [0.29, 0.717) is 19.3 Å². The van der Waals surface area contributed by atoms with Gasteiger partial charge in [0.05, 0.1) is 0 Å². The number of carbonyl (C=O) groups excluding carboxylic acids is 3. The molecular formula is C55H94O6. The average molecular weight is 851 g/mol. The molecule has 0 heterocycles. The van der Waals surface area contributed by atoms with E-state index in [1.807, 2.05) is 0 Å². The number of ether oxygens (including phenoxy) is 3. The van der Waals surface area contributed by atoms with Gasteiger partial charge < -0.3 is 14.2 Å². The third-order valence-corrected chi connectivity index (χ3v) is 10.7. The van der Waals surface area contributed by atoms with E-state index in [2.05, 4.69) is 93.7 Å². The Balaban J connectivity index is 4.43. The van der Waals surface area contributed by atoms with Crippen LogP contribution in [0.25, 0.3) is 0 Å². The van der Waals surface area contributed by atoms with Crippen molar-refractivity contribution in [3.63, 3.8) is 0 Å². The lowest BCUT2D eigenvalue weighted by atomic mass is 10.0. The third kappa shape index (κ3) is 47.7. The van der Waals surface area contributed by atoms with Crippen LogP contribution in [0.2, 0.25) is 0 Å². The van der Waals surface area contributed by atoms with Gasteiger partial charge >= 0.3 is 17.9 Å². The molecule has 6 nitrogen and oxygen atoms in total. The Morgan fingerprint density at radius 1 is 0.344 bits per heavy atom. The predicted octanol–water partition coefficient (Wildman–Crippen LogP) is 16.6. The van der Waals surface area contributed by atoms with Crippen LogP contribution < -0.4 is 0 Å². The summed E-state index contributed by atoms with van der Waals surface area (Å²) < 4.78 is 16.8. The third-order valence-electron chi connectivity index (χ3n) is 10.7. The molecule has 0 aromatic carbocycles. The van der Waals surface area contributed by atoms with E-state index < -0.39 is 6.10 Å². The van der Waals surface area contributed by atoms with Crippen molar-refractivity contribution in [1.82, 2.24) is 0 Å². The number of esters is 3. The smallest absolute Gasteiger partial charge is 0.306 e. The molecular weight excluding hydrogens is 757 g/mol. The molecule has 0 aromatic rings. The van der Waals surface area contributed by atoms with Gasteiger partial charge in [-0.25, -0.2) is 0 Å². The Labute approximate surface area is 376 Å². The zero-order valence-electron chi connectivity index (χ0n) is 39.9. The summed E-state index contributed by atoms with van der Waals surface area (Å²) in [6.45, 7) is 6.38. The van der Waals surface area contributed by atoms with Crippen molar-refractivity contribution in [3.05, 3.63) is 72.9 Å². The molecule has 350 valence electrons. The van der Waals surface area contributed by atoms with Gasteiger partial charge in [-0.1, -0.05) is 209 Å². The van der Waals surface area contributed by atoms with Gasteiger partial charge in [-0.3, -0.25) is 14.4 Å². The van der Waals surface area contributed by atoms with Crippen LogP contribution in [0.3, 0.4) is 0 Å². The zero-order chi connectivity index (χ0) is 44.4. The molecule has 0 amide bonds. The van der Waals surface area contributed by atoms with Gasteiger partial charge in [0, 0.05) is 19.3 Å². The van der Waals surface area contributed by atoms with E-state index in [9.17, 15) is 14.4 Å². The molecule has 0 rings (SSSR count). The Morgan fingerprint density at radius 3 is 1.02 bits per heavy atom. The molecule has 0 saturated heterocycles. The van der Waals surface area contributed by atoms with Crippen molar-refractivity contribution in [2.75, 3.05) is 13.2 Å². The maximum Gasteiger partial charge on any atom is 0.306 e. The van der Waals surface area contributed by atoms with Crippen molar-refractivity contribution in [2.24, 2.45) is 0 Å². The van der Waals surface area contributed by atoms with Gasteiger partial charge in [0.25, 0.3) is 0 Å². The highest BCUT2D eigenvalue weighted by Crippen LogP contribution is 2.15. The molecule has 0 aromatic heterocycles. The topological polar surface area (TPSA) is 78.9 Å². The Kier molecular flexibility index (Phi) is 46.9. The van der Waals surface area contributed by atoms with Crippen LogP contribution in [0, 0.1) is 0 Å². The van der Waals surface area contributed by atoms with Crippen LogP contribution >= 0.6 is 0 Å². The molecule has 0 fully saturated rings. The molecule has 0 N–H and O–H groups in total. The van der Waals surface area contributed by atoms with E-state index in [1.54, 1.807) is 0 Å². The summed E-state index contributed by atoms with van der Waals surface area (Å²) in [7, 11) is 0. The molecule has 0 aliphatic carbocycles. The molecule has 0 saturated carbocycles. The second-order valence-corrected chi connectivity index (χ2v) is 16.7. The minimum Gasteiger partial charge on any atom is -0.462 e. The van der Waals surface area contributed by atoms with E-state index in [0.717, 1.165) is 122 Å². The minimum absolute atomic E-state index is 0.0919. The highest BCUT2D eigenvalue weighted by Gasteiger charge is 2.19. The molecule has 1 atom stereocenters. The van der Waals surface area contributed by atoms with Gasteiger partial charge in [0.1, 0.15) is 13.2 Å². The van der Waals surface area contributed by atoms with Crippen molar-refractivity contribution in [2.45, 2.75) is 245 Å². The second-order valence-electron chi connectivity index (χ2n) is 16.7. The molecule has 0 bridgehead atoms. The summed E-state index contributed by atoms with van der Waals surface area (Å²) in [6.07, 6.45) is 61.7. The van der Waals surface area contributed by atoms with Gasteiger partial charge in [0.2, 0.25) is 0 Å². The largest absolute Gasteiger partial charge is 0.462 e. The molecule has 0 spiro atoms. The first-order valence-electron chi connectivity index (χ1n) is 25.4. The van der Waals surface area contributed by atoms with Crippen molar-refractivity contribution >= 4 is 17.9 Å². The van der Waals surface area contributed by atoms with Crippen LogP contribution in [0.1, 0.15) is 239 Å². The molecule has 0 radical (unpaired) electrons. The second kappa shape index (κ2) is 49.5. The first-order chi connectivity index (χ1) is 30.0. The Hall–Kier alpha value is -3.15. The number of unbranched alkanes of at least 4 members (excludes halogenated alkanes) is 22. The molecule has 1 unspecified atom stereocenters. The first-order valence-corrected chi connectivity index (χ1v) is 25.4. The quantitative estimate of drug-likeness (QED) is 0.0263. The average Bonchev–Trinajstić information content (AvgIpc) is 3.26. The zero-order valence-corrected chi connectivity index (χ0v) is 39.9. The van der Waals surface area contributed by atoms with Crippen LogP contribution in [0.15, 0.2) is 72.9 Å². The molecule has 0 aliphatic rings. The number of carbonyl (C=O) groups is 3. The lowest BCUT2D eigenvalue weighted by molar-refractivity contribution is -0.167. The van der Waals surface area contributed by atoms with Gasteiger partial charge in [-0.05, 0) is 83.5 Å². The number of allylic oxidation sites excluding steroid dienone is 12. The van der Waals surface area contributed by atoms with Crippen molar-refractivity contribution < 1.29 is 28.6 Å². The fourth-order valence-corrected chi connectivity index (χ4v) is 6.94. The fourth-order valence-electron chi connectivity index (χ4n) is 6.94. The standard InChI is InChI=1S/C55H94O6/c1-4-7-10-13-16-19-22-25-27-29-30-33-36-39-42-45-48-54(57)60-51-52(50-59-53(56)47-44-41-38-35-32-24-21-18-15-12-9-6-3)61-55(58)49-46-43-40-37-34-31-28-26-23-20-17-14-11-8-5-2/h7,9-10,12,16,18-19,21,25,27,30,33,52H,4-6,8,11,13-15,17,20,22-24,26,28-29,31-32,34-51H2,1-3H3/b10-7-,12-9-,19-16-,21-18-,27-25-,33-30-. The normalized spacial score (nSPS) is 12.6. The number of rotatable bonds is 45. The lowest BCUT2D eigenvalue weighted by Crippen LogP contribution is -2.30. The van der Waals surface area contributed by atoms with E-state index in [1.165, 1.54) is 77.0 Å². The summed E-state index contributed by atoms with van der Waals surface area (Å²) >= 11 is 0. The summed E-state index contributed by atoms with van der Waals surface area (Å²) in [5, 5.41) is 0. The number of hydrogen-bond donors (Lipinski definition) is 0. The first kappa shape index (κ1) is 57.9. The van der Waals surface area contributed by atoms with Crippen LogP contribution in [-0.2, 0) is 28.6 Å². The molecule has 0 aliphatic heterocycles. The monoisotopic (exact) mass is 851 g/mol. The summed E-state index contributed by atoms with van der Waals surface area (Å²) in [6, 6.07) is 0. The Morgan fingerprint density at radius 2 is 0.639 bits per heavy atom. The van der Waals surface area contributed by atoms with E-state index >= 15 is 0 Å². The van der Waals surface area contributed by atoms with Crippen molar-refractivity contribution in [3.8, 4) is 0 Å².